The number of hydrogen-bond acceptors (Lipinski definition) is 2. The lowest BCUT2D eigenvalue weighted by Gasteiger charge is -2.01. The zero-order valence-corrected chi connectivity index (χ0v) is 8.89. The van der Waals surface area contributed by atoms with Gasteiger partial charge >= 0.3 is 0 Å². The van der Waals surface area contributed by atoms with Gasteiger partial charge in [0.2, 0.25) is 5.78 Å². The Morgan fingerprint density at radius 3 is 2.29 bits per heavy atom. The standard InChI is InChI=1S/C11H4ClF3O2/c12-10-2-1-9(17-10)11(16)5-3-7(14)8(15)4-6(5)13/h1-4H. The van der Waals surface area contributed by atoms with Crippen LogP contribution in [0.25, 0.3) is 0 Å². The minimum atomic E-state index is -1.36. The number of ketones is 1. The van der Waals surface area contributed by atoms with Crippen LogP contribution in [0.3, 0.4) is 0 Å². The summed E-state index contributed by atoms with van der Waals surface area (Å²) in [6.07, 6.45) is 0. The van der Waals surface area contributed by atoms with Gasteiger partial charge in [-0.25, -0.2) is 13.2 Å². The van der Waals surface area contributed by atoms with Gasteiger partial charge in [0.15, 0.2) is 22.6 Å². The number of benzene rings is 1. The van der Waals surface area contributed by atoms with Crippen molar-refractivity contribution in [2.75, 3.05) is 0 Å². The molecule has 0 spiro atoms. The van der Waals surface area contributed by atoms with E-state index in [1.165, 1.54) is 12.1 Å². The number of halogens is 4. The van der Waals surface area contributed by atoms with Crippen molar-refractivity contribution in [1.82, 2.24) is 0 Å². The van der Waals surface area contributed by atoms with E-state index in [9.17, 15) is 18.0 Å². The third kappa shape index (κ3) is 2.19. The van der Waals surface area contributed by atoms with Crippen LogP contribution in [0, 0.1) is 17.5 Å². The number of carbonyl (C=O) groups is 1. The van der Waals surface area contributed by atoms with Crippen LogP contribution >= 0.6 is 11.6 Å². The molecular weight excluding hydrogens is 257 g/mol. The smallest absolute Gasteiger partial charge is 0.231 e. The molecule has 1 aromatic heterocycles. The van der Waals surface area contributed by atoms with Gasteiger partial charge in [-0.05, 0) is 29.8 Å². The van der Waals surface area contributed by atoms with Crippen LogP contribution in [0.4, 0.5) is 13.2 Å². The van der Waals surface area contributed by atoms with Gasteiger partial charge in [0, 0.05) is 6.07 Å². The highest BCUT2D eigenvalue weighted by Crippen LogP contribution is 2.20. The van der Waals surface area contributed by atoms with Gasteiger partial charge < -0.3 is 4.42 Å². The summed E-state index contributed by atoms with van der Waals surface area (Å²) in [6.45, 7) is 0. The van der Waals surface area contributed by atoms with Crippen molar-refractivity contribution in [2.24, 2.45) is 0 Å². The topological polar surface area (TPSA) is 30.2 Å². The molecule has 1 aromatic carbocycles. The Balaban J connectivity index is 2.47. The van der Waals surface area contributed by atoms with Crippen molar-refractivity contribution in [2.45, 2.75) is 0 Å². The molecule has 17 heavy (non-hydrogen) atoms. The molecule has 0 saturated carbocycles. The lowest BCUT2D eigenvalue weighted by Crippen LogP contribution is -2.05. The van der Waals surface area contributed by atoms with E-state index in [2.05, 4.69) is 0 Å². The normalized spacial score (nSPS) is 10.6. The molecule has 6 heteroatoms. The van der Waals surface area contributed by atoms with E-state index in [0.717, 1.165) is 0 Å². The van der Waals surface area contributed by atoms with Crippen LogP contribution in [-0.2, 0) is 0 Å². The summed E-state index contributed by atoms with van der Waals surface area (Å²) in [6, 6.07) is 3.27. The average molecular weight is 261 g/mol. The van der Waals surface area contributed by atoms with Crippen LogP contribution in [0.1, 0.15) is 16.1 Å². The zero-order valence-electron chi connectivity index (χ0n) is 8.14. The molecule has 0 saturated heterocycles. The predicted octanol–water partition coefficient (Wildman–Crippen LogP) is 3.58. The van der Waals surface area contributed by atoms with Crippen molar-refractivity contribution in [3.63, 3.8) is 0 Å². The number of carbonyl (C=O) groups excluding carboxylic acids is 1. The van der Waals surface area contributed by atoms with Crippen LogP contribution < -0.4 is 0 Å². The Hall–Kier alpha value is -1.75. The largest absolute Gasteiger partial charge is 0.441 e. The molecule has 0 aliphatic heterocycles. The molecule has 2 aromatic rings. The number of furan rings is 1. The summed E-state index contributed by atoms with van der Waals surface area (Å²) in [7, 11) is 0. The molecular formula is C11H4ClF3O2. The van der Waals surface area contributed by atoms with E-state index < -0.39 is 28.8 Å². The fourth-order valence-electron chi connectivity index (χ4n) is 1.27. The summed E-state index contributed by atoms with van der Waals surface area (Å²) in [5, 5.41) is -0.0589. The highest BCUT2D eigenvalue weighted by atomic mass is 35.5. The van der Waals surface area contributed by atoms with Crippen molar-refractivity contribution in [1.29, 1.82) is 0 Å². The van der Waals surface area contributed by atoms with E-state index in [0.29, 0.717) is 12.1 Å². The van der Waals surface area contributed by atoms with E-state index in [4.69, 9.17) is 16.0 Å². The Morgan fingerprint density at radius 1 is 1.06 bits per heavy atom. The summed E-state index contributed by atoms with van der Waals surface area (Å²) in [4.78, 5) is 11.7. The molecule has 0 atom stereocenters. The Bertz CT molecular complexity index is 592. The Labute approximate surface area is 98.6 Å². The van der Waals surface area contributed by atoms with Gasteiger partial charge in [-0.3, -0.25) is 4.79 Å². The van der Waals surface area contributed by atoms with Crippen molar-refractivity contribution < 1.29 is 22.4 Å². The molecule has 2 nitrogen and oxygen atoms in total. The van der Waals surface area contributed by atoms with Gasteiger partial charge in [0.05, 0.1) is 5.56 Å². The molecule has 0 fully saturated rings. The molecule has 0 bridgehead atoms. The molecule has 0 aliphatic carbocycles. The van der Waals surface area contributed by atoms with Crippen LogP contribution in [0.2, 0.25) is 5.22 Å². The maximum atomic E-state index is 13.3. The van der Waals surface area contributed by atoms with Gasteiger partial charge in [0.1, 0.15) is 5.82 Å². The second-order valence-electron chi connectivity index (χ2n) is 3.18. The van der Waals surface area contributed by atoms with E-state index in [1.54, 1.807) is 0 Å². The number of rotatable bonds is 2. The quantitative estimate of drug-likeness (QED) is 0.610. The highest BCUT2D eigenvalue weighted by molar-refractivity contribution is 6.29. The van der Waals surface area contributed by atoms with Gasteiger partial charge in [-0.1, -0.05) is 0 Å². The highest BCUT2D eigenvalue weighted by Gasteiger charge is 2.20. The SMILES string of the molecule is O=C(c1ccc(Cl)o1)c1cc(F)c(F)cc1F. The molecule has 0 aliphatic rings. The lowest BCUT2D eigenvalue weighted by molar-refractivity contribution is 0.100. The molecule has 0 unspecified atom stereocenters. The summed E-state index contributed by atoms with van der Waals surface area (Å²) in [5.74, 6) is -5.00. The summed E-state index contributed by atoms with van der Waals surface area (Å²) >= 11 is 5.44. The first-order chi connectivity index (χ1) is 7.99. The summed E-state index contributed by atoms with van der Waals surface area (Å²) in [5.41, 5.74) is -0.616. The minimum absolute atomic E-state index is 0.0589. The monoisotopic (exact) mass is 260 g/mol. The van der Waals surface area contributed by atoms with Crippen molar-refractivity contribution >= 4 is 17.4 Å². The van der Waals surface area contributed by atoms with Gasteiger partial charge in [-0.15, -0.1) is 0 Å². The fraction of sp³-hybridized carbons (Fsp3) is 0. The van der Waals surface area contributed by atoms with Crippen LogP contribution in [0.5, 0.6) is 0 Å². The average Bonchev–Trinajstić information content (AvgIpc) is 2.69. The summed E-state index contributed by atoms with van der Waals surface area (Å²) < 4.78 is 43.6. The Morgan fingerprint density at radius 2 is 1.71 bits per heavy atom. The van der Waals surface area contributed by atoms with Crippen molar-refractivity contribution in [3.05, 3.63) is 58.3 Å². The molecule has 0 radical (unpaired) electrons. The van der Waals surface area contributed by atoms with Gasteiger partial charge in [-0.2, -0.15) is 0 Å². The third-order valence-corrected chi connectivity index (χ3v) is 2.25. The van der Waals surface area contributed by atoms with Crippen LogP contribution in [0.15, 0.2) is 28.7 Å². The molecule has 0 N–H and O–H groups in total. The molecule has 0 amide bonds. The second kappa shape index (κ2) is 4.25. The third-order valence-electron chi connectivity index (χ3n) is 2.05. The first-order valence-corrected chi connectivity index (χ1v) is 4.81. The fourth-order valence-corrected chi connectivity index (χ4v) is 1.41. The minimum Gasteiger partial charge on any atom is -0.441 e. The van der Waals surface area contributed by atoms with E-state index in [1.807, 2.05) is 0 Å². The van der Waals surface area contributed by atoms with Crippen LogP contribution in [-0.4, -0.2) is 5.78 Å². The van der Waals surface area contributed by atoms with E-state index in [-0.39, 0.29) is 11.0 Å². The molecule has 2 rings (SSSR count). The first-order valence-electron chi connectivity index (χ1n) is 4.43. The Kier molecular flexibility index (Phi) is 2.93. The maximum Gasteiger partial charge on any atom is 0.231 e. The van der Waals surface area contributed by atoms with Gasteiger partial charge in [0.25, 0.3) is 0 Å². The number of hydrogen-bond donors (Lipinski definition) is 0. The first kappa shape index (κ1) is 11.7. The molecule has 88 valence electrons. The van der Waals surface area contributed by atoms with E-state index >= 15 is 0 Å². The second-order valence-corrected chi connectivity index (χ2v) is 3.55. The predicted molar refractivity (Wildman–Crippen MR) is 53.5 cm³/mol. The lowest BCUT2D eigenvalue weighted by atomic mass is 10.1. The maximum absolute atomic E-state index is 13.3. The zero-order chi connectivity index (χ0) is 12.6. The van der Waals surface area contributed by atoms with Crippen molar-refractivity contribution in [3.8, 4) is 0 Å². The molecule has 1 heterocycles.